The summed E-state index contributed by atoms with van der Waals surface area (Å²) in [7, 11) is 0. The number of amides is 1. The fourth-order valence-electron chi connectivity index (χ4n) is 1.74. The average Bonchev–Trinajstić information content (AvgIpc) is 2.47. The lowest BCUT2D eigenvalue weighted by Gasteiger charge is -2.23. The second kappa shape index (κ2) is 9.09. The summed E-state index contributed by atoms with van der Waals surface area (Å²) in [5.41, 5.74) is 0.995. The molecule has 1 N–H and O–H groups in total. The second-order valence-corrected chi connectivity index (χ2v) is 6.46. The Morgan fingerprint density at radius 1 is 1.32 bits per heavy atom. The van der Waals surface area contributed by atoms with Gasteiger partial charge < -0.3 is 14.9 Å². The molecule has 0 aromatic heterocycles. The highest BCUT2D eigenvalue weighted by Gasteiger charge is 2.27. The molecule has 0 aliphatic heterocycles. The van der Waals surface area contributed by atoms with E-state index in [1.165, 1.54) is 3.57 Å². The lowest BCUT2D eigenvalue weighted by atomic mass is 10.1. The summed E-state index contributed by atoms with van der Waals surface area (Å²) < 4.78 is 6.55. The molecule has 0 radical (unpaired) electrons. The van der Waals surface area contributed by atoms with E-state index in [9.17, 15) is 4.79 Å². The lowest BCUT2D eigenvalue weighted by molar-refractivity contribution is -0.142. The molecule has 0 atom stereocenters. The van der Waals surface area contributed by atoms with Crippen molar-refractivity contribution >= 4 is 34.2 Å². The Labute approximate surface area is 145 Å². The highest BCUT2D eigenvalue weighted by Crippen LogP contribution is 2.09. The van der Waals surface area contributed by atoms with Gasteiger partial charge >= 0.3 is 0 Å². The predicted molar refractivity (Wildman–Crippen MR) is 96.0 cm³/mol. The molecule has 22 heavy (non-hydrogen) atoms. The van der Waals surface area contributed by atoms with Gasteiger partial charge in [-0.1, -0.05) is 17.3 Å². The smallest absolute Gasteiger partial charge is 0.251 e. The number of hydrogen-bond donors (Lipinski definition) is 1. The molecule has 5 nitrogen and oxygen atoms in total. The first-order chi connectivity index (χ1) is 10.4. The van der Waals surface area contributed by atoms with Crippen molar-refractivity contribution < 1.29 is 14.4 Å². The molecule has 1 amide bonds. The van der Waals surface area contributed by atoms with Crippen LogP contribution < -0.4 is 5.32 Å². The van der Waals surface area contributed by atoms with Crippen LogP contribution in [0.15, 0.2) is 29.4 Å². The maximum atomic E-state index is 11.9. The Balaban J connectivity index is 2.34. The standard InChI is InChI=1S/C16H23IN2O3/c1-5-21-16(3,4)15(20)18-10-11-22-19-12(2)13-6-8-14(17)9-7-13/h6-9H,5,10-11H2,1-4H3,(H,18,20)/b19-12+. The van der Waals surface area contributed by atoms with Crippen LogP contribution in [0.3, 0.4) is 0 Å². The van der Waals surface area contributed by atoms with Crippen molar-refractivity contribution in [2.75, 3.05) is 19.8 Å². The number of halogens is 1. The zero-order valence-electron chi connectivity index (χ0n) is 13.5. The summed E-state index contributed by atoms with van der Waals surface area (Å²) in [4.78, 5) is 17.1. The van der Waals surface area contributed by atoms with Gasteiger partial charge in [0.2, 0.25) is 0 Å². The normalized spacial score (nSPS) is 12.1. The van der Waals surface area contributed by atoms with Gasteiger partial charge in [0.25, 0.3) is 5.91 Å². The Bertz CT molecular complexity index is 513. The van der Waals surface area contributed by atoms with E-state index in [4.69, 9.17) is 9.57 Å². The molecule has 0 aliphatic rings. The van der Waals surface area contributed by atoms with Crippen LogP contribution in [0.25, 0.3) is 0 Å². The predicted octanol–water partition coefficient (Wildman–Crippen LogP) is 2.96. The van der Waals surface area contributed by atoms with E-state index in [0.717, 1.165) is 11.3 Å². The monoisotopic (exact) mass is 418 g/mol. The summed E-state index contributed by atoms with van der Waals surface area (Å²) >= 11 is 2.26. The van der Waals surface area contributed by atoms with E-state index in [1.54, 1.807) is 13.8 Å². The van der Waals surface area contributed by atoms with Crippen LogP contribution in [0, 0.1) is 3.57 Å². The van der Waals surface area contributed by atoms with E-state index in [0.29, 0.717) is 19.8 Å². The second-order valence-electron chi connectivity index (χ2n) is 5.22. The maximum absolute atomic E-state index is 11.9. The molecular formula is C16H23IN2O3. The number of benzene rings is 1. The summed E-state index contributed by atoms with van der Waals surface area (Å²) in [6.07, 6.45) is 0. The number of nitrogens with one attached hydrogen (secondary N) is 1. The van der Waals surface area contributed by atoms with Crippen molar-refractivity contribution in [3.8, 4) is 0 Å². The van der Waals surface area contributed by atoms with Crippen molar-refractivity contribution in [3.05, 3.63) is 33.4 Å². The third-order valence-corrected chi connectivity index (χ3v) is 3.71. The summed E-state index contributed by atoms with van der Waals surface area (Å²) in [6, 6.07) is 8.03. The van der Waals surface area contributed by atoms with Crippen molar-refractivity contribution in [2.45, 2.75) is 33.3 Å². The molecule has 0 saturated carbocycles. The fraction of sp³-hybridized carbons (Fsp3) is 0.500. The van der Waals surface area contributed by atoms with Crippen LogP contribution in [0.1, 0.15) is 33.3 Å². The van der Waals surface area contributed by atoms with E-state index >= 15 is 0 Å². The number of rotatable bonds is 8. The van der Waals surface area contributed by atoms with Gasteiger partial charge in [-0.05, 0) is 68.0 Å². The highest BCUT2D eigenvalue weighted by molar-refractivity contribution is 14.1. The molecule has 0 aliphatic carbocycles. The van der Waals surface area contributed by atoms with E-state index in [2.05, 4.69) is 33.1 Å². The zero-order chi connectivity index (χ0) is 16.6. The van der Waals surface area contributed by atoms with Crippen molar-refractivity contribution in [1.82, 2.24) is 5.32 Å². The summed E-state index contributed by atoms with van der Waals surface area (Å²) in [5.74, 6) is -0.156. The van der Waals surface area contributed by atoms with Crippen LogP contribution in [0.4, 0.5) is 0 Å². The van der Waals surface area contributed by atoms with Crippen LogP contribution in [-0.2, 0) is 14.4 Å². The van der Waals surface area contributed by atoms with Crippen LogP contribution in [-0.4, -0.2) is 37.0 Å². The van der Waals surface area contributed by atoms with Gasteiger partial charge in [0.1, 0.15) is 12.2 Å². The molecule has 0 heterocycles. The van der Waals surface area contributed by atoms with Gasteiger partial charge in [0.05, 0.1) is 12.3 Å². The number of carbonyl (C=O) groups is 1. The minimum atomic E-state index is -0.824. The summed E-state index contributed by atoms with van der Waals surface area (Å²) in [6.45, 7) is 8.43. The fourth-order valence-corrected chi connectivity index (χ4v) is 2.10. The van der Waals surface area contributed by atoms with E-state index in [-0.39, 0.29) is 5.91 Å². The average molecular weight is 418 g/mol. The molecule has 0 fully saturated rings. The minimum absolute atomic E-state index is 0.156. The first-order valence-corrected chi connectivity index (χ1v) is 8.29. The molecule has 1 aromatic carbocycles. The molecule has 122 valence electrons. The number of hydrogen-bond acceptors (Lipinski definition) is 4. The van der Waals surface area contributed by atoms with Gasteiger partial charge in [-0.15, -0.1) is 0 Å². The SMILES string of the molecule is CCOC(C)(C)C(=O)NCCO/N=C(\C)c1ccc(I)cc1. The molecule has 0 saturated heterocycles. The molecule has 1 aromatic rings. The first kappa shape index (κ1) is 18.9. The Morgan fingerprint density at radius 3 is 2.55 bits per heavy atom. The van der Waals surface area contributed by atoms with Crippen LogP contribution in [0.2, 0.25) is 0 Å². The van der Waals surface area contributed by atoms with Crippen molar-refractivity contribution in [2.24, 2.45) is 5.16 Å². The number of nitrogens with zero attached hydrogens (tertiary/aromatic N) is 1. The van der Waals surface area contributed by atoms with E-state index < -0.39 is 5.60 Å². The van der Waals surface area contributed by atoms with Crippen molar-refractivity contribution in [3.63, 3.8) is 0 Å². The molecular weight excluding hydrogens is 395 g/mol. The topological polar surface area (TPSA) is 59.9 Å². The van der Waals surface area contributed by atoms with Crippen molar-refractivity contribution in [1.29, 1.82) is 0 Å². The molecule has 0 spiro atoms. The van der Waals surface area contributed by atoms with Gasteiger partial charge in [-0.2, -0.15) is 0 Å². The number of carbonyl (C=O) groups excluding carboxylic acids is 1. The minimum Gasteiger partial charge on any atom is -0.394 e. The Hall–Kier alpha value is -1.15. The Kier molecular flexibility index (Phi) is 7.81. The third kappa shape index (κ3) is 6.31. The molecule has 0 bridgehead atoms. The molecule has 1 rings (SSSR count). The van der Waals surface area contributed by atoms with Crippen LogP contribution in [0.5, 0.6) is 0 Å². The molecule has 6 heteroatoms. The Morgan fingerprint density at radius 2 is 1.95 bits per heavy atom. The van der Waals surface area contributed by atoms with Gasteiger partial charge in [0.15, 0.2) is 0 Å². The highest BCUT2D eigenvalue weighted by atomic mass is 127. The van der Waals surface area contributed by atoms with E-state index in [1.807, 2.05) is 38.1 Å². The number of oxime groups is 1. The van der Waals surface area contributed by atoms with Crippen LogP contribution >= 0.6 is 22.6 Å². The van der Waals surface area contributed by atoms with Gasteiger partial charge in [0, 0.05) is 10.2 Å². The third-order valence-electron chi connectivity index (χ3n) is 2.99. The number of ether oxygens (including phenoxy) is 1. The zero-order valence-corrected chi connectivity index (χ0v) is 15.6. The largest absolute Gasteiger partial charge is 0.394 e. The van der Waals surface area contributed by atoms with Gasteiger partial charge in [-0.25, -0.2) is 0 Å². The van der Waals surface area contributed by atoms with Gasteiger partial charge in [-0.3, -0.25) is 4.79 Å². The quantitative estimate of drug-likeness (QED) is 0.306. The maximum Gasteiger partial charge on any atom is 0.251 e. The summed E-state index contributed by atoms with van der Waals surface area (Å²) in [5, 5.41) is 6.82. The molecule has 0 unspecified atom stereocenters. The lowest BCUT2D eigenvalue weighted by Crippen LogP contribution is -2.45. The first-order valence-electron chi connectivity index (χ1n) is 7.21.